The van der Waals surface area contributed by atoms with Gasteiger partial charge in [-0.1, -0.05) is 12.1 Å². The average molecular weight is 423 g/mol. The number of imidazole rings is 1. The summed E-state index contributed by atoms with van der Waals surface area (Å²) in [4.78, 5) is 30.7. The first kappa shape index (κ1) is 20.3. The lowest BCUT2D eigenvalue weighted by molar-refractivity contribution is -0.116. The molecular formula is C23H26N4O2S. The van der Waals surface area contributed by atoms with Crippen molar-refractivity contribution in [2.45, 2.75) is 51.6 Å². The number of aromatic nitrogens is 2. The number of hydrogen-bond donors (Lipinski definition) is 2. The number of carbonyl (C=O) groups excluding carboxylic acids is 2. The zero-order valence-corrected chi connectivity index (χ0v) is 17.7. The van der Waals surface area contributed by atoms with E-state index >= 15 is 0 Å². The standard InChI is InChI=1S/C23H26N4O2S/c28-22(11-4-8-20-9-5-13-30-20)26-18-7-3-6-17(14-18)23(29)24-15-19-16-27-12-2-1-10-21(27)25-19/h3,5-7,9,13-14,16H,1-2,4,8,10-12,15H2,(H,24,29)(H,26,28). The molecule has 2 aromatic heterocycles. The number of thiophene rings is 1. The highest BCUT2D eigenvalue weighted by Crippen LogP contribution is 2.16. The maximum atomic E-state index is 12.5. The summed E-state index contributed by atoms with van der Waals surface area (Å²) in [6.45, 7) is 1.41. The van der Waals surface area contributed by atoms with Crippen LogP contribution in [0.15, 0.2) is 48.0 Å². The Morgan fingerprint density at radius 3 is 2.93 bits per heavy atom. The summed E-state index contributed by atoms with van der Waals surface area (Å²) in [6.07, 6.45) is 7.56. The molecule has 0 fully saturated rings. The van der Waals surface area contributed by atoms with Crippen molar-refractivity contribution >= 4 is 28.8 Å². The fourth-order valence-electron chi connectivity index (χ4n) is 3.67. The number of benzene rings is 1. The molecule has 1 aliphatic heterocycles. The molecule has 0 saturated heterocycles. The zero-order chi connectivity index (χ0) is 20.8. The van der Waals surface area contributed by atoms with Crippen molar-refractivity contribution in [3.05, 3.63) is 69.9 Å². The van der Waals surface area contributed by atoms with Crippen LogP contribution in [-0.2, 0) is 30.7 Å². The number of hydrogen-bond acceptors (Lipinski definition) is 4. The van der Waals surface area contributed by atoms with E-state index in [0.29, 0.717) is 24.2 Å². The van der Waals surface area contributed by atoms with Gasteiger partial charge in [-0.05, 0) is 55.3 Å². The van der Waals surface area contributed by atoms with E-state index in [1.54, 1.807) is 35.6 Å². The monoisotopic (exact) mass is 422 g/mol. The van der Waals surface area contributed by atoms with E-state index in [1.807, 2.05) is 17.6 Å². The van der Waals surface area contributed by atoms with Crippen molar-refractivity contribution in [3.63, 3.8) is 0 Å². The number of aryl methyl sites for hydroxylation is 3. The third kappa shape index (κ3) is 5.36. The molecule has 0 bridgehead atoms. The quantitative estimate of drug-likeness (QED) is 0.572. The first-order valence-corrected chi connectivity index (χ1v) is 11.3. The Morgan fingerprint density at radius 1 is 1.17 bits per heavy atom. The molecule has 0 saturated carbocycles. The van der Waals surface area contributed by atoms with Crippen LogP contribution in [0.1, 0.15) is 52.4 Å². The highest BCUT2D eigenvalue weighted by molar-refractivity contribution is 7.09. The van der Waals surface area contributed by atoms with Gasteiger partial charge < -0.3 is 15.2 Å². The van der Waals surface area contributed by atoms with E-state index in [4.69, 9.17) is 0 Å². The van der Waals surface area contributed by atoms with E-state index in [-0.39, 0.29) is 11.8 Å². The van der Waals surface area contributed by atoms with Gasteiger partial charge in [0.05, 0.1) is 12.2 Å². The second-order valence-corrected chi connectivity index (χ2v) is 8.58. The van der Waals surface area contributed by atoms with E-state index in [1.165, 1.54) is 17.7 Å². The second kappa shape index (κ2) is 9.71. The molecule has 2 amide bonds. The number of amides is 2. The van der Waals surface area contributed by atoms with Crippen LogP contribution < -0.4 is 10.6 Å². The summed E-state index contributed by atoms with van der Waals surface area (Å²) in [6, 6.07) is 11.2. The molecule has 30 heavy (non-hydrogen) atoms. The molecule has 1 aliphatic rings. The molecule has 156 valence electrons. The lowest BCUT2D eigenvalue weighted by Gasteiger charge is -2.11. The normalized spacial score (nSPS) is 12.9. The number of nitrogens with one attached hydrogen (secondary N) is 2. The van der Waals surface area contributed by atoms with Crippen LogP contribution in [0, 0.1) is 0 Å². The van der Waals surface area contributed by atoms with Gasteiger partial charge in [-0.25, -0.2) is 4.98 Å². The van der Waals surface area contributed by atoms with Gasteiger partial charge in [-0.3, -0.25) is 9.59 Å². The highest BCUT2D eigenvalue weighted by atomic mass is 32.1. The summed E-state index contributed by atoms with van der Waals surface area (Å²) < 4.78 is 2.18. The van der Waals surface area contributed by atoms with Gasteiger partial charge in [0, 0.05) is 41.7 Å². The van der Waals surface area contributed by atoms with Gasteiger partial charge in [0.15, 0.2) is 0 Å². The molecule has 6 nitrogen and oxygen atoms in total. The van der Waals surface area contributed by atoms with Crippen molar-refractivity contribution in [3.8, 4) is 0 Å². The van der Waals surface area contributed by atoms with Crippen LogP contribution in [0.25, 0.3) is 0 Å². The predicted molar refractivity (Wildman–Crippen MR) is 119 cm³/mol. The topological polar surface area (TPSA) is 76.0 Å². The fourth-order valence-corrected chi connectivity index (χ4v) is 4.42. The number of fused-ring (bicyclic) bond motifs is 1. The summed E-state index contributed by atoms with van der Waals surface area (Å²) >= 11 is 1.71. The third-order valence-electron chi connectivity index (χ3n) is 5.20. The van der Waals surface area contributed by atoms with Crippen LogP contribution in [0.2, 0.25) is 0 Å². The Labute approximate surface area is 180 Å². The van der Waals surface area contributed by atoms with Crippen LogP contribution in [0.4, 0.5) is 5.69 Å². The van der Waals surface area contributed by atoms with Gasteiger partial charge in [0.2, 0.25) is 5.91 Å². The van der Waals surface area contributed by atoms with Crippen molar-refractivity contribution in [2.24, 2.45) is 0 Å². The molecule has 7 heteroatoms. The highest BCUT2D eigenvalue weighted by Gasteiger charge is 2.13. The Kier molecular flexibility index (Phi) is 6.59. The van der Waals surface area contributed by atoms with E-state index < -0.39 is 0 Å². The van der Waals surface area contributed by atoms with Gasteiger partial charge in [-0.2, -0.15) is 0 Å². The average Bonchev–Trinajstić information content (AvgIpc) is 3.41. The maximum absolute atomic E-state index is 12.5. The third-order valence-corrected chi connectivity index (χ3v) is 6.14. The first-order valence-electron chi connectivity index (χ1n) is 10.4. The lowest BCUT2D eigenvalue weighted by Crippen LogP contribution is -2.23. The molecule has 3 aromatic rings. The minimum atomic E-state index is -0.172. The van der Waals surface area contributed by atoms with E-state index in [0.717, 1.165) is 37.3 Å². The number of anilines is 1. The van der Waals surface area contributed by atoms with Crippen LogP contribution in [0.5, 0.6) is 0 Å². The molecule has 3 heterocycles. The van der Waals surface area contributed by atoms with E-state index in [9.17, 15) is 9.59 Å². The maximum Gasteiger partial charge on any atom is 0.251 e. The second-order valence-electron chi connectivity index (χ2n) is 7.54. The first-order chi connectivity index (χ1) is 14.7. The van der Waals surface area contributed by atoms with Crippen molar-refractivity contribution in [1.29, 1.82) is 0 Å². The number of nitrogens with zero attached hydrogens (tertiary/aromatic N) is 2. The largest absolute Gasteiger partial charge is 0.346 e. The van der Waals surface area contributed by atoms with Crippen molar-refractivity contribution < 1.29 is 9.59 Å². The smallest absolute Gasteiger partial charge is 0.251 e. The molecule has 0 radical (unpaired) electrons. The number of rotatable bonds is 8. The summed E-state index contributed by atoms with van der Waals surface area (Å²) in [5.41, 5.74) is 2.05. The predicted octanol–water partition coefficient (Wildman–Crippen LogP) is 4.17. The summed E-state index contributed by atoms with van der Waals surface area (Å²) in [5.74, 6) is 0.900. The molecular weight excluding hydrogens is 396 g/mol. The Bertz CT molecular complexity index is 987. The Balaban J connectivity index is 1.27. The number of carbonyl (C=O) groups is 2. The van der Waals surface area contributed by atoms with Gasteiger partial charge >= 0.3 is 0 Å². The van der Waals surface area contributed by atoms with Gasteiger partial charge in [-0.15, -0.1) is 11.3 Å². The minimum absolute atomic E-state index is 0.0345. The molecule has 0 atom stereocenters. The molecule has 2 N–H and O–H groups in total. The van der Waals surface area contributed by atoms with Crippen LogP contribution >= 0.6 is 11.3 Å². The molecule has 4 rings (SSSR count). The fraction of sp³-hybridized carbons (Fsp3) is 0.348. The molecule has 1 aromatic carbocycles. The lowest BCUT2D eigenvalue weighted by atomic mass is 10.1. The van der Waals surface area contributed by atoms with Gasteiger partial charge in [0.1, 0.15) is 5.82 Å². The van der Waals surface area contributed by atoms with E-state index in [2.05, 4.69) is 26.3 Å². The van der Waals surface area contributed by atoms with Crippen LogP contribution in [0.3, 0.4) is 0 Å². The SMILES string of the molecule is O=C(CCCc1cccs1)Nc1cccc(C(=O)NCc2cn3c(n2)CCCC3)c1. The van der Waals surface area contributed by atoms with Crippen LogP contribution in [-0.4, -0.2) is 21.4 Å². The Morgan fingerprint density at radius 2 is 2.10 bits per heavy atom. The minimum Gasteiger partial charge on any atom is -0.346 e. The summed E-state index contributed by atoms with van der Waals surface area (Å²) in [5, 5.41) is 7.87. The molecule has 0 aliphatic carbocycles. The Hall–Kier alpha value is -2.93. The van der Waals surface area contributed by atoms with Gasteiger partial charge in [0.25, 0.3) is 5.91 Å². The summed E-state index contributed by atoms with van der Waals surface area (Å²) in [7, 11) is 0. The molecule has 0 spiro atoms. The zero-order valence-electron chi connectivity index (χ0n) is 16.9. The van der Waals surface area contributed by atoms with Crippen molar-refractivity contribution in [1.82, 2.24) is 14.9 Å². The van der Waals surface area contributed by atoms with Crippen molar-refractivity contribution in [2.75, 3.05) is 5.32 Å². The molecule has 0 unspecified atom stereocenters.